The monoisotopic (exact) mass is 282 g/mol. The molecule has 6 heteroatoms. The first-order chi connectivity index (χ1) is 7.81. The van der Waals surface area contributed by atoms with Crippen LogP contribution in [0.25, 0.3) is 11.4 Å². The molecule has 0 aliphatic carbocycles. The topological polar surface area (TPSA) is 63.8 Å². The van der Waals surface area contributed by atoms with Crippen LogP contribution in [0.4, 0.5) is 0 Å². The van der Waals surface area contributed by atoms with Crippen LogP contribution in [0.15, 0.2) is 28.7 Å². The number of aliphatic hydroxyl groups excluding tert-OH is 1. The molecule has 1 heterocycles. The van der Waals surface area contributed by atoms with Gasteiger partial charge in [-0.15, -0.1) is 5.10 Å². The smallest absolute Gasteiger partial charge is 0.182 e. The average molecular weight is 283 g/mol. The molecule has 0 saturated heterocycles. The highest BCUT2D eigenvalue weighted by atomic mass is 79.9. The summed E-state index contributed by atoms with van der Waals surface area (Å²) in [6.45, 7) is 0.758. The first-order valence-electron chi connectivity index (χ1n) is 4.94. The number of nitrogens with zero attached hydrogens (tertiary/aromatic N) is 4. The molecule has 1 aromatic carbocycles. The van der Waals surface area contributed by atoms with Crippen molar-refractivity contribution in [2.75, 3.05) is 6.61 Å². The molecule has 1 aromatic heterocycles. The van der Waals surface area contributed by atoms with Crippen LogP contribution in [0.1, 0.15) is 6.42 Å². The Kier molecular flexibility index (Phi) is 3.63. The maximum absolute atomic E-state index is 8.77. The van der Waals surface area contributed by atoms with Gasteiger partial charge in [-0.2, -0.15) is 0 Å². The molecule has 0 aliphatic rings. The van der Waals surface area contributed by atoms with E-state index >= 15 is 0 Å². The molecule has 0 saturated carbocycles. The largest absolute Gasteiger partial charge is 0.396 e. The second-order valence-electron chi connectivity index (χ2n) is 3.31. The summed E-state index contributed by atoms with van der Waals surface area (Å²) in [4.78, 5) is 0. The fourth-order valence-corrected chi connectivity index (χ4v) is 1.65. The zero-order valence-corrected chi connectivity index (χ0v) is 10.1. The quantitative estimate of drug-likeness (QED) is 0.923. The maximum atomic E-state index is 8.77. The van der Waals surface area contributed by atoms with Crippen molar-refractivity contribution >= 4 is 15.9 Å². The third-order valence-corrected chi connectivity index (χ3v) is 2.69. The molecule has 0 spiro atoms. The van der Waals surface area contributed by atoms with E-state index in [4.69, 9.17) is 5.11 Å². The number of aromatic nitrogens is 4. The molecule has 16 heavy (non-hydrogen) atoms. The highest BCUT2D eigenvalue weighted by Crippen LogP contribution is 2.18. The van der Waals surface area contributed by atoms with Gasteiger partial charge in [-0.05, 0) is 29.0 Å². The predicted octanol–water partition coefficient (Wildman–Crippen LogP) is 1.48. The summed E-state index contributed by atoms with van der Waals surface area (Å²) in [5, 5.41) is 20.3. The summed E-state index contributed by atoms with van der Waals surface area (Å²) in [7, 11) is 0. The Bertz CT molecular complexity index is 454. The average Bonchev–Trinajstić information content (AvgIpc) is 2.75. The van der Waals surface area contributed by atoms with Crippen LogP contribution in [-0.2, 0) is 6.54 Å². The van der Waals surface area contributed by atoms with E-state index in [2.05, 4.69) is 31.5 Å². The minimum absolute atomic E-state index is 0.139. The van der Waals surface area contributed by atoms with Gasteiger partial charge in [0.2, 0.25) is 0 Å². The van der Waals surface area contributed by atoms with E-state index in [-0.39, 0.29) is 6.61 Å². The molecule has 0 amide bonds. The maximum Gasteiger partial charge on any atom is 0.182 e. The van der Waals surface area contributed by atoms with Gasteiger partial charge in [-0.1, -0.05) is 28.1 Å². The van der Waals surface area contributed by atoms with Crippen LogP contribution in [0.5, 0.6) is 0 Å². The summed E-state index contributed by atoms with van der Waals surface area (Å²) in [6.07, 6.45) is 0.647. The van der Waals surface area contributed by atoms with Gasteiger partial charge in [0.05, 0.1) is 0 Å². The van der Waals surface area contributed by atoms with Crippen molar-refractivity contribution in [1.29, 1.82) is 0 Å². The molecule has 0 aliphatic heterocycles. The second kappa shape index (κ2) is 5.18. The number of halogens is 1. The van der Waals surface area contributed by atoms with Crippen LogP contribution in [0, 0.1) is 0 Å². The number of aliphatic hydroxyl groups is 1. The minimum atomic E-state index is 0.139. The normalized spacial score (nSPS) is 10.6. The van der Waals surface area contributed by atoms with Gasteiger partial charge in [0.1, 0.15) is 0 Å². The lowest BCUT2D eigenvalue weighted by molar-refractivity contribution is 0.276. The standard InChI is InChI=1S/C10H11BrN4O/c11-9-4-2-8(3-5-9)10-12-13-14-15(10)6-1-7-16/h2-5,16H,1,6-7H2. The molecule has 0 fully saturated rings. The Morgan fingerprint density at radius 3 is 2.69 bits per heavy atom. The van der Waals surface area contributed by atoms with Crippen molar-refractivity contribution in [2.45, 2.75) is 13.0 Å². The summed E-state index contributed by atoms with van der Waals surface area (Å²) in [6, 6.07) is 7.79. The molecule has 0 atom stereocenters. The summed E-state index contributed by atoms with van der Waals surface area (Å²) >= 11 is 3.38. The number of hydrogen-bond donors (Lipinski definition) is 1. The van der Waals surface area contributed by atoms with Gasteiger partial charge >= 0.3 is 0 Å². The molecule has 0 radical (unpaired) electrons. The molecule has 2 rings (SSSR count). The molecular formula is C10H11BrN4O. The number of tetrazole rings is 1. The Morgan fingerprint density at radius 2 is 2.00 bits per heavy atom. The summed E-state index contributed by atoms with van der Waals surface area (Å²) in [5.74, 6) is 0.723. The van der Waals surface area contributed by atoms with Crippen LogP contribution < -0.4 is 0 Å². The number of aryl methyl sites for hydroxylation is 1. The lowest BCUT2D eigenvalue weighted by Gasteiger charge is -2.03. The first-order valence-corrected chi connectivity index (χ1v) is 5.73. The highest BCUT2D eigenvalue weighted by Gasteiger charge is 2.07. The van der Waals surface area contributed by atoms with Gasteiger partial charge < -0.3 is 5.11 Å². The summed E-state index contributed by atoms with van der Waals surface area (Å²) in [5.41, 5.74) is 0.964. The van der Waals surface area contributed by atoms with Crippen molar-refractivity contribution in [3.05, 3.63) is 28.7 Å². The lowest BCUT2D eigenvalue weighted by Crippen LogP contribution is -2.04. The van der Waals surface area contributed by atoms with Crippen LogP contribution in [0.2, 0.25) is 0 Å². The van der Waals surface area contributed by atoms with E-state index in [0.29, 0.717) is 13.0 Å². The Morgan fingerprint density at radius 1 is 1.25 bits per heavy atom. The molecule has 2 aromatic rings. The highest BCUT2D eigenvalue weighted by molar-refractivity contribution is 9.10. The number of benzene rings is 1. The van der Waals surface area contributed by atoms with Crippen molar-refractivity contribution in [3.8, 4) is 11.4 Å². The molecule has 1 N–H and O–H groups in total. The van der Waals surface area contributed by atoms with E-state index in [1.54, 1.807) is 4.68 Å². The molecule has 0 unspecified atom stereocenters. The van der Waals surface area contributed by atoms with Gasteiger partial charge in [-0.25, -0.2) is 4.68 Å². The third-order valence-electron chi connectivity index (χ3n) is 2.16. The van der Waals surface area contributed by atoms with Crippen molar-refractivity contribution in [3.63, 3.8) is 0 Å². The fraction of sp³-hybridized carbons (Fsp3) is 0.300. The Hall–Kier alpha value is -1.27. The van der Waals surface area contributed by atoms with E-state index in [0.717, 1.165) is 15.9 Å². The molecular weight excluding hydrogens is 272 g/mol. The fourth-order valence-electron chi connectivity index (χ4n) is 1.38. The van der Waals surface area contributed by atoms with Crippen LogP contribution >= 0.6 is 15.9 Å². The van der Waals surface area contributed by atoms with Crippen molar-refractivity contribution in [1.82, 2.24) is 20.2 Å². The van der Waals surface area contributed by atoms with Gasteiger partial charge in [0.25, 0.3) is 0 Å². The molecule has 5 nitrogen and oxygen atoms in total. The zero-order valence-electron chi connectivity index (χ0n) is 8.54. The lowest BCUT2D eigenvalue weighted by atomic mass is 10.2. The van der Waals surface area contributed by atoms with Crippen molar-refractivity contribution in [2.24, 2.45) is 0 Å². The van der Waals surface area contributed by atoms with Gasteiger partial charge in [0, 0.05) is 23.2 Å². The minimum Gasteiger partial charge on any atom is -0.396 e. The van der Waals surface area contributed by atoms with Gasteiger partial charge in [-0.3, -0.25) is 0 Å². The summed E-state index contributed by atoms with van der Waals surface area (Å²) < 4.78 is 2.71. The van der Waals surface area contributed by atoms with E-state index in [1.165, 1.54) is 0 Å². The predicted molar refractivity (Wildman–Crippen MR) is 62.7 cm³/mol. The van der Waals surface area contributed by atoms with E-state index < -0.39 is 0 Å². The number of hydrogen-bond acceptors (Lipinski definition) is 4. The number of rotatable bonds is 4. The van der Waals surface area contributed by atoms with Crippen LogP contribution in [0.3, 0.4) is 0 Å². The Balaban J connectivity index is 2.26. The zero-order chi connectivity index (χ0) is 11.4. The van der Waals surface area contributed by atoms with E-state index in [9.17, 15) is 0 Å². The van der Waals surface area contributed by atoms with E-state index in [1.807, 2.05) is 24.3 Å². The Labute approximate surface area is 101 Å². The SMILES string of the molecule is OCCCn1nnnc1-c1ccc(Br)cc1. The van der Waals surface area contributed by atoms with Crippen LogP contribution in [-0.4, -0.2) is 31.9 Å². The third kappa shape index (κ3) is 2.45. The molecule has 0 bridgehead atoms. The first kappa shape index (κ1) is 11.2. The molecule has 84 valence electrons. The van der Waals surface area contributed by atoms with Crippen molar-refractivity contribution < 1.29 is 5.11 Å². The second-order valence-corrected chi connectivity index (χ2v) is 4.23. The van der Waals surface area contributed by atoms with Gasteiger partial charge in [0.15, 0.2) is 5.82 Å².